The Morgan fingerprint density at radius 1 is 1.21 bits per heavy atom. The van der Waals surface area contributed by atoms with Gasteiger partial charge in [-0.2, -0.15) is 9.49 Å². The molecule has 0 radical (unpaired) electrons. The van der Waals surface area contributed by atoms with Crippen LogP contribution in [0.4, 0.5) is 14.5 Å². The molecular weight excluding hydrogens is 366 g/mol. The van der Waals surface area contributed by atoms with Crippen molar-refractivity contribution in [2.24, 2.45) is 12.2 Å². The van der Waals surface area contributed by atoms with Crippen molar-refractivity contribution in [2.75, 3.05) is 12.4 Å². The predicted molar refractivity (Wildman–Crippen MR) is 102 cm³/mol. The van der Waals surface area contributed by atoms with Crippen LogP contribution in [0.2, 0.25) is 0 Å². The maximum absolute atomic E-state index is 14.2. The summed E-state index contributed by atoms with van der Waals surface area (Å²) in [6.07, 6.45) is 1.55. The number of carbonyl (C=O) groups excluding carboxylic acids is 1. The Bertz CT molecular complexity index is 1040. The summed E-state index contributed by atoms with van der Waals surface area (Å²) in [4.78, 5) is 17.2. The first-order valence-corrected chi connectivity index (χ1v) is 8.37. The average molecular weight is 384 g/mol. The highest BCUT2D eigenvalue weighted by Gasteiger charge is 2.21. The molecule has 3 rings (SSSR count). The third-order valence-corrected chi connectivity index (χ3v) is 4.14. The van der Waals surface area contributed by atoms with Gasteiger partial charge in [-0.25, -0.2) is 9.07 Å². The highest BCUT2D eigenvalue weighted by atomic mass is 19.1. The van der Waals surface area contributed by atoms with E-state index in [4.69, 9.17) is 0 Å². The Morgan fingerprint density at radius 3 is 2.54 bits per heavy atom. The van der Waals surface area contributed by atoms with E-state index >= 15 is 0 Å². The summed E-state index contributed by atoms with van der Waals surface area (Å²) >= 11 is 0. The van der Waals surface area contributed by atoms with Crippen molar-refractivity contribution in [3.63, 3.8) is 0 Å². The minimum Gasteiger partial charge on any atom is -0.399 e. The number of benzene rings is 2. The maximum atomic E-state index is 14.2. The van der Waals surface area contributed by atoms with Gasteiger partial charge < -0.3 is 10.2 Å². The van der Waals surface area contributed by atoms with Crippen LogP contribution in [0.5, 0.6) is 0 Å². The first kappa shape index (κ1) is 19.2. The highest BCUT2D eigenvalue weighted by molar-refractivity contribution is 6.07. The van der Waals surface area contributed by atoms with E-state index in [-0.39, 0.29) is 16.9 Å². The van der Waals surface area contributed by atoms with Crippen molar-refractivity contribution in [3.05, 3.63) is 71.1 Å². The van der Waals surface area contributed by atoms with Gasteiger partial charge in [0.05, 0.1) is 17.6 Å². The number of hydrogen-bond acceptors (Lipinski definition) is 4. The number of amides is 1. The molecule has 0 atom stereocenters. The number of nitrogens with zero attached hydrogens (tertiary/aromatic N) is 3. The summed E-state index contributed by atoms with van der Waals surface area (Å²) in [5.74, 6) is -1.97. The molecule has 0 fully saturated rings. The molecule has 0 aliphatic rings. The highest BCUT2D eigenvalue weighted by Crippen LogP contribution is 2.30. The number of hydrogen-bond donors (Lipinski definition) is 1. The molecule has 1 amide bonds. The van der Waals surface area contributed by atoms with E-state index < -0.39 is 17.7 Å². The zero-order valence-electron chi connectivity index (χ0n) is 15.5. The lowest BCUT2D eigenvalue weighted by Crippen LogP contribution is -2.15. The molecule has 2 aromatic carbocycles. The number of oxime groups is 1. The van der Waals surface area contributed by atoms with Gasteiger partial charge in [0.25, 0.3) is 5.91 Å². The third-order valence-electron chi connectivity index (χ3n) is 4.14. The fraction of sp³-hybridized carbons (Fsp3) is 0.150. The Hall–Kier alpha value is -3.55. The van der Waals surface area contributed by atoms with E-state index in [2.05, 4.69) is 20.4 Å². The van der Waals surface area contributed by atoms with Gasteiger partial charge in [-0.3, -0.25) is 4.79 Å². The van der Waals surface area contributed by atoms with E-state index in [1.807, 2.05) is 0 Å². The van der Waals surface area contributed by atoms with Crippen LogP contribution in [-0.4, -0.2) is 29.0 Å². The largest absolute Gasteiger partial charge is 0.399 e. The minimum absolute atomic E-state index is 0.177. The number of aromatic nitrogens is 2. The molecule has 0 aliphatic carbocycles. The zero-order chi connectivity index (χ0) is 20.3. The number of rotatable bonds is 5. The van der Waals surface area contributed by atoms with Gasteiger partial charge in [-0.15, -0.1) is 0 Å². The minimum atomic E-state index is -0.755. The summed E-state index contributed by atoms with van der Waals surface area (Å²) in [7, 11) is 2.85. The van der Waals surface area contributed by atoms with Crippen molar-refractivity contribution >= 4 is 17.8 Å². The number of carbonyl (C=O) groups is 1. The lowest BCUT2D eigenvalue weighted by atomic mass is 10.0. The summed E-state index contributed by atoms with van der Waals surface area (Å²) in [6, 6.07) is 11.2. The summed E-state index contributed by atoms with van der Waals surface area (Å²) in [5.41, 5.74) is 2.44. The van der Waals surface area contributed by atoms with Crippen LogP contribution in [0.1, 0.15) is 21.6 Å². The first-order valence-electron chi connectivity index (χ1n) is 8.37. The normalized spacial score (nSPS) is 11.0. The Labute approximate surface area is 160 Å². The van der Waals surface area contributed by atoms with E-state index in [1.165, 1.54) is 33.2 Å². The summed E-state index contributed by atoms with van der Waals surface area (Å²) < 4.78 is 29.0. The number of halogens is 2. The van der Waals surface area contributed by atoms with Gasteiger partial charge in [0.1, 0.15) is 18.5 Å². The molecule has 0 unspecified atom stereocenters. The average Bonchev–Trinajstić information content (AvgIpc) is 2.92. The second-order valence-electron chi connectivity index (χ2n) is 6.06. The second-order valence-corrected chi connectivity index (χ2v) is 6.06. The van der Waals surface area contributed by atoms with E-state index in [0.717, 1.165) is 15.8 Å². The topological polar surface area (TPSA) is 68.5 Å². The maximum Gasteiger partial charge on any atom is 0.262 e. The molecule has 0 saturated carbocycles. The predicted octanol–water partition coefficient (Wildman–Crippen LogP) is 3.91. The first-order chi connectivity index (χ1) is 13.4. The molecule has 1 aromatic heterocycles. The van der Waals surface area contributed by atoms with Gasteiger partial charge >= 0.3 is 0 Å². The Morgan fingerprint density at radius 2 is 1.93 bits per heavy atom. The number of aryl methyl sites for hydroxylation is 2. The van der Waals surface area contributed by atoms with Gasteiger partial charge in [0, 0.05) is 12.6 Å². The number of anilines is 1. The van der Waals surface area contributed by atoms with Crippen LogP contribution in [0.25, 0.3) is 11.1 Å². The SMILES string of the molecule is CO/N=C/c1ccc(-c2ccc(F)cc2NC(=O)c2c(C)nn(C)c2F)cc1. The molecular formula is C20H18F2N4O2. The fourth-order valence-electron chi connectivity index (χ4n) is 2.81. The molecule has 0 spiro atoms. The smallest absolute Gasteiger partial charge is 0.262 e. The molecule has 6 nitrogen and oxygen atoms in total. The van der Waals surface area contributed by atoms with Gasteiger partial charge in [-0.1, -0.05) is 29.4 Å². The monoisotopic (exact) mass is 384 g/mol. The lowest BCUT2D eigenvalue weighted by Gasteiger charge is -2.12. The van der Waals surface area contributed by atoms with Crippen molar-refractivity contribution in [2.45, 2.75) is 6.92 Å². The van der Waals surface area contributed by atoms with Crippen molar-refractivity contribution < 1.29 is 18.4 Å². The van der Waals surface area contributed by atoms with E-state index in [0.29, 0.717) is 5.56 Å². The molecule has 0 saturated heterocycles. The molecule has 1 heterocycles. The van der Waals surface area contributed by atoms with Gasteiger partial charge in [-0.05, 0) is 36.2 Å². The van der Waals surface area contributed by atoms with Gasteiger partial charge in [0.15, 0.2) is 0 Å². The zero-order valence-corrected chi connectivity index (χ0v) is 15.5. The molecule has 3 aromatic rings. The van der Waals surface area contributed by atoms with E-state index in [1.54, 1.807) is 36.5 Å². The molecule has 8 heteroatoms. The standard InChI is InChI=1S/C20H18F2N4O2/c1-12-18(19(22)26(2)25-12)20(27)24-17-10-15(21)8-9-16(17)14-6-4-13(5-7-14)11-23-28-3/h4-11H,1-3H3,(H,24,27)/b23-11+. The Kier molecular flexibility index (Phi) is 5.49. The summed E-state index contributed by atoms with van der Waals surface area (Å²) in [6.45, 7) is 1.53. The second kappa shape index (κ2) is 7.99. The molecule has 0 aliphatic heterocycles. The number of nitrogens with one attached hydrogen (secondary N) is 1. The molecule has 0 bridgehead atoms. The third kappa shape index (κ3) is 3.90. The van der Waals surface area contributed by atoms with Crippen LogP contribution in [-0.2, 0) is 11.9 Å². The van der Waals surface area contributed by atoms with Crippen LogP contribution in [0, 0.1) is 18.7 Å². The van der Waals surface area contributed by atoms with Crippen molar-refractivity contribution in [1.29, 1.82) is 0 Å². The lowest BCUT2D eigenvalue weighted by molar-refractivity contribution is 0.102. The van der Waals surface area contributed by atoms with Crippen LogP contribution < -0.4 is 5.32 Å². The van der Waals surface area contributed by atoms with Crippen molar-refractivity contribution in [3.8, 4) is 11.1 Å². The van der Waals surface area contributed by atoms with E-state index in [9.17, 15) is 13.6 Å². The quantitative estimate of drug-likeness (QED) is 0.536. The molecule has 144 valence electrons. The molecule has 1 N–H and O–H groups in total. The Balaban J connectivity index is 1.95. The van der Waals surface area contributed by atoms with Crippen LogP contribution >= 0.6 is 0 Å². The van der Waals surface area contributed by atoms with Crippen LogP contribution in [0.15, 0.2) is 47.6 Å². The summed E-state index contributed by atoms with van der Waals surface area (Å²) in [5, 5.41) is 10.2. The van der Waals surface area contributed by atoms with Crippen molar-refractivity contribution in [1.82, 2.24) is 9.78 Å². The van der Waals surface area contributed by atoms with Gasteiger partial charge in [0.2, 0.25) is 5.95 Å². The fourth-order valence-corrected chi connectivity index (χ4v) is 2.81. The van der Waals surface area contributed by atoms with Crippen LogP contribution in [0.3, 0.4) is 0 Å². The molecule has 28 heavy (non-hydrogen) atoms.